The third kappa shape index (κ3) is 2.57. The number of thiophene rings is 1. The van der Waals surface area contributed by atoms with Crippen LogP contribution in [0.2, 0.25) is 0 Å². The van der Waals surface area contributed by atoms with Crippen LogP contribution >= 0.6 is 11.3 Å². The van der Waals surface area contributed by atoms with E-state index in [0.29, 0.717) is 17.1 Å². The molecule has 94 valence electrons. The summed E-state index contributed by atoms with van der Waals surface area (Å²) in [6.45, 7) is 0.453. The summed E-state index contributed by atoms with van der Waals surface area (Å²) in [5.74, 6) is -1.18. The highest BCUT2D eigenvalue weighted by Crippen LogP contribution is 2.17. The minimum Gasteiger partial charge on any atom is -0.477 e. The van der Waals surface area contributed by atoms with Gasteiger partial charge in [-0.1, -0.05) is 0 Å². The van der Waals surface area contributed by atoms with E-state index in [0.717, 1.165) is 4.88 Å². The molecule has 0 spiro atoms. The third-order valence-corrected chi connectivity index (χ3v) is 3.35. The Morgan fingerprint density at radius 1 is 1.44 bits per heavy atom. The van der Waals surface area contributed by atoms with Crippen molar-refractivity contribution >= 4 is 23.2 Å². The molecule has 7 heteroatoms. The Morgan fingerprint density at radius 3 is 2.83 bits per heavy atom. The number of aromatic carboxylic acids is 1. The standard InChI is InChI=1S/C11H11N3O3S/c1-12-10(15)8-4-5-14(13-8)6-7-2-3-9(18-7)11(16)17/h2-5H,6H2,1H3,(H,12,15)(H,16,17). The van der Waals surface area contributed by atoms with Crippen LogP contribution in [0.25, 0.3) is 0 Å². The molecule has 2 heterocycles. The number of carbonyl (C=O) groups excluding carboxylic acids is 1. The Hall–Kier alpha value is -2.15. The van der Waals surface area contributed by atoms with E-state index in [9.17, 15) is 9.59 Å². The molecular formula is C11H11N3O3S. The van der Waals surface area contributed by atoms with E-state index in [2.05, 4.69) is 10.4 Å². The topological polar surface area (TPSA) is 84.2 Å². The zero-order valence-electron chi connectivity index (χ0n) is 9.58. The smallest absolute Gasteiger partial charge is 0.345 e. The molecule has 0 unspecified atom stereocenters. The van der Waals surface area contributed by atoms with Gasteiger partial charge in [0.2, 0.25) is 0 Å². The lowest BCUT2D eigenvalue weighted by molar-refractivity contribution is 0.0702. The molecule has 1 amide bonds. The maximum atomic E-state index is 11.3. The number of amides is 1. The number of nitrogens with zero attached hydrogens (tertiary/aromatic N) is 2. The number of carboxylic acids is 1. The van der Waals surface area contributed by atoms with Gasteiger partial charge in [-0.3, -0.25) is 9.48 Å². The van der Waals surface area contributed by atoms with Crippen LogP contribution < -0.4 is 5.32 Å². The van der Waals surface area contributed by atoms with Gasteiger partial charge < -0.3 is 10.4 Å². The van der Waals surface area contributed by atoms with Crippen LogP contribution in [-0.2, 0) is 6.54 Å². The van der Waals surface area contributed by atoms with Crippen LogP contribution in [0.3, 0.4) is 0 Å². The Bertz CT molecular complexity index is 588. The van der Waals surface area contributed by atoms with Crippen molar-refractivity contribution in [3.8, 4) is 0 Å². The fraction of sp³-hybridized carbons (Fsp3) is 0.182. The summed E-state index contributed by atoms with van der Waals surface area (Å²) in [5.41, 5.74) is 0.340. The Labute approximate surface area is 107 Å². The highest BCUT2D eigenvalue weighted by molar-refractivity contribution is 7.13. The van der Waals surface area contributed by atoms with Crippen LogP contribution in [0.4, 0.5) is 0 Å². The highest BCUT2D eigenvalue weighted by atomic mass is 32.1. The molecule has 0 fully saturated rings. The lowest BCUT2D eigenvalue weighted by Crippen LogP contribution is -2.18. The molecule has 0 aromatic carbocycles. The predicted molar refractivity (Wildman–Crippen MR) is 66.0 cm³/mol. The number of carbonyl (C=O) groups is 2. The van der Waals surface area contributed by atoms with E-state index in [-0.39, 0.29) is 5.91 Å². The van der Waals surface area contributed by atoms with Gasteiger partial charge in [-0.2, -0.15) is 5.10 Å². The van der Waals surface area contributed by atoms with Crippen LogP contribution in [0.5, 0.6) is 0 Å². The molecule has 0 aliphatic rings. The molecule has 0 saturated carbocycles. The van der Waals surface area contributed by atoms with Gasteiger partial charge in [0, 0.05) is 18.1 Å². The number of carboxylic acid groups (broad SMARTS) is 1. The molecule has 0 bridgehead atoms. The average molecular weight is 265 g/mol. The summed E-state index contributed by atoms with van der Waals surface area (Å²) >= 11 is 1.20. The quantitative estimate of drug-likeness (QED) is 0.865. The molecule has 0 radical (unpaired) electrons. The number of rotatable bonds is 4. The van der Waals surface area contributed by atoms with E-state index in [1.165, 1.54) is 11.3 Å². The minimum absolute atomic E-state index is 0.244. The molecule has 6 nitrogen and oxygen atoms in total. The maximum absolute atomic E-state index is 11.3. The second-order valence-corrected chi connectivity index (χ2v) is 4.72. The lowest BCUT2D eigenvalue weighted by atomic mass is 10.4. The summed E-state index contributed by atoms with van der Waals surface area (Å²) in [7, 11) is 1.54. The number of nitrogens with one attached hydrogen (secondary N) is 1. The van der Waals surface area contributed by atoms with Crippen LogP contribution in [0.1, 0.15) is 25.0 Å². The predicted octanol–water partition coefficient (Wildman–Crippen LogP) is 1.05. The molecule has 2 N–H and O–H groups in total. The van der Waals surface area contributed by atoms with Gasteiger partial charge in [-0.25, -0.2) is 4.79 Å². The van der Waals surface area contributed by atoms with Crippen LogP contribution in [-0.4, -0.2) is 33.8 Å². The van der Waals surface area contributed by atoms with Crippen molar-refractivity contribution < 1.29 is 14.7 Å². The van der Waals surface area contributed by atoms with E-state index in [1.54, 1.807) is 36.1 Å². The van der Waals surface area contributed by atoms with E-state index < -0.39 is 5.97 Å². The molecule has 0 atom stereocenters. The first kappa shape index (κ1) is 12.3. The zero-order chi connectivity index (χ0) is 13.1. The molecule has 2 rings (SSSR count). The van der Waals surface area contributed by atoms with Crippen molar-refractivity contribution in [2.45, 2.75) is 6.54 Å². The second-order valence-electron chi connectivity index (χ2n) is 3.55. The summed E-state index contributed by atoms with van der Waals surface area (Å²) < 4.78 is 1.60. The van der Waals surface area contributed by atoms with E-state index in [1.807, 2.05) is 0 Å². The second kappa shape index (κ2) is 5.01. The first-order chi connectivity index (χ1) is 8.60. The SMILES string of the molecule is CNC(=O)c1ccn(Cc2ccc(C(=O)O)s2)n1. The van der Waals surface area contributed by atoms with Gasteiger partial charge in [0.05, 0.1) is 6.54 Å². The average Bonchev–Trinajstić information content (AvgIpc) is 2.98. The van der Waals surface area contributed by atoms with Gasteiger partial charge in [-0.15, -0.1) is 11.3 Å². The molecule has 0 aliphatic carbocycles. The number of hydrogen-bond donors (Lipinski definition) is 2. The van der Waals surface area contributed by atoms with Gasteiger partial charge in [-0.05, 0) is 18.2 Å². The van der Waals surface area contributed by atoms with Crippen molar-refractivity contribution in [1.82, 2.24) is 15.1 Å². The third-order valence-electron chi connectivity index (χ3n) is 2.29. The fourth-order valence-corrected chi connectivity index (χ4v) is 2.28. The minimum atomic E-state index is -0.933. The van der Waals surface area contributed by atoms with E-state index in [4.69, 9.17) is 5.11 Å². The van der Waals surface area contributed by atoms with Crippen molar-refractivity contribution in [1.29, 1.82) is 0 Å². The van der Waals surface area contributed by atoms with Crippen molar-refractivity contribution in [2.24, 2.45) is 0 Å². The Kier molecular flexibility index (Phi) is 3.42. The number of aromatic nitrogens is 2. The molecule has 2 aromatic rings. The van der Waals surface area contributed by atoms with Gasteiger partial charge in [0.25, 0.3) is 5.91 Å². The summed E-state index contributed by atoms with van der Waals surface area (Å²) in [4.78, 5) is 23.2. The number of hydrogen-bond acceptors (Lipinski definition) is 4. The summed E-state index contributed by atoms with van der Waals surface area (Å²) in [6.07, 6.45) is 1.69. The summed E-state index contributed by atoms with van der Waals surface area (Å²) in [5, 5.41) is 15.4. The first-order valence-electron chi connectivity index (χ1n) is 5.17. The molecular weight excluding hydrogens is 254 g/mol. The highest BCUT2D eigenvalue weighted by Gasteiger charge is 2.10. The molecule has 0 saturated heterocycles. The fourth-order valence-electron chi connectivity index (χ4n) is 1.44. The van der Waals surface area contributed by atoms with Crippen molar-refractivity contribution in [3.05, 3.63) is 39.8 Å². The van der Waals surface area contributed by atoms with Gasteiger partial charge in [0.15, 0.2) is 0 Å². The first-order valence-corrected chi connectivity index (χ1v) is 5.99. The Morgan fingerprint density at radius 2 is 2.22 bits per heavy atom. The molecule has 18 heavy (non-hydrogen) atoms. The van der Waals surface area contributed by atoms with Gasteiger partial charge >= 0.3 is 5.97 Å². The van der Waals surface area contributed by atoms with Crippen molar-refractivity contribution in [2.75, 3.05) is 7.05 Å². The lowest BCUT2D eigenvalue weighted by Gasteiger charge is -1.98. The van der Waals surface area contributed by atoms with Crippen LogP contribution in [0.15, 0.2) is 24.4 Å². The largest absolute Gasteiger partial charge is 0.477 e. The van der Waals surface area contributed by atoms with Gasteiger partial charge in [0.1, 0.15) is 10.6 Å². The van der Waals surface area contributed by atoms with Crippen molar-refractivity contribution in [3.63, 3.8) is 0 Å². The maximum Gasteiger partial charge on any atom is 0.345 e. The Balaban J connectivity index is 2.11. The molecule has 2 aromatic heterocycles. The van der Waals surface area contributed by atoms with E-state index >= 15 is 0 Å². The zero-order valence-corrected chi connectivity index (χ0v) is 10.4. The monoisotopic (exact) mass is 265 g/mol. The van der Waals surface area contributed by atoms with Crippen LogP contribution in [0, 0.1) is 0 Å². The molecule has 0 aliphatic heterocycles. The summed E-state index contributed by atoms with van der Waals surface area (Å²) in [6, 6.07) is 4.92. The normalized spacial score (nSPS) is 10.3.